The molecular formula is C13H26N2O6. The van der Waals surface area contributed by atoms with E-state index in [2.05, 4.69) is 0 Å². The molecule has 0 aliphatic carbocycles. The van der Waals surface area contributed by atoms with Gasteiger partial charge in [0, 0.05) is 6.42 Å². The van der Waals surface area contributed by atoms with Gasteiger partial charge in [-0.2, -0.15) is 0 Å². The summed E-state index contributed by atoms with van der Waals surface area (Å²) < 4.78 is 20.5. The number of carbonyl (C=O) groups excluding carboxylic acids is 2. The molecule has 0 amide bonds. The minimum atomic E-state index is -0.455. The first kappa shape index (κ1) is 19.8. The third kappa shape index (κ3) is 12.2. The van der Waals surface area contributed by atoms with Crippen molar-refractivity contribution >= 4 is 11.9 Å². The summed E-state index contributed by atoms with van der Waals surface area (Å²) in [5.74, 6) is -0.879. The van der Waals surface area contributed by atoms with Gasteiger partial charge in [0.25, 0.3) is 0 Å². The van der Waals surface area contributed by atoms with E-state index in [1.165, 1.54) is 0 Å². The van der Waals surface area contributed by atoms with Crippen LogP contribution in [0.1, 0.15) is 20.3 Å². The van der Waals surface area contributed by atoms with Crippen LogP contribution in [0.25, 0.3) is 0 Å². The van der Waals surface area contributed by atoms with Crippen LogP contribution in [0.2, 0.25) is 0 Å². The number of hydrogen-bond acceptors (Lipinski definition) is 8. The minimum absolute atomic E-state index is 0.119. The van der Waals surface area contributed by atoms with Crippen LogP contribution < -0.4 is 11.5 Å². The molecule has 0 heterocycles. The second kappa shape index (κ2) is 12.5. The van der Waals surface area contributed by atoms with E-state index in [0.29, 0.717) is 32.8 Å². The number of rotatable bonds is 12. The summed E-state index contributed by atoms with van der Waals surface area (Å²) in [5.41, 5.74) is 10.3. The average molecular weight is 306 g/mol. The molecule has 0 bridgehead atoms. The van der Waals surface area contributed by atoms with Crippen LogP contribution in [0.15, 0.2) is 0 Å². The van der Waals surface area contributed by atoms with Gasteiger partial charge in [-0.3, -0.25) is 9.59 Å². The number of ether oxygens (including phenoxy) is 4. The summed E-state index contributed by atoms with van der Waals surface area (Å²) in [6.45, 7) is 4.80. The topological polar surface area (TPSA) is 123 Å². The Hall–Kier alpha value is -1.22. The Bertz CT molecular complexity index is 272. The van der Waals surface area contributed by atoms with Crippen molar-refractivity contribution in [3.63, 3.8) is 0 Å². The number of carbonyl (C=O) groups is 2. The van der Waals surface area contributed by atoms with E-state index in [4.69, 9.17) is 30.4 Å². The molecule has 8 heteroatoms. The number of nitrogens with two attached hydrogens (primary N) is 2. The first-order valence-electron chi connectivity index (χ1n) is 6.94. The molecule has 0 saturated heterocycles. The fourth-order valence-corrected chi connectivity index (χ4v) is 1.36. The summed E-state index contributed by atoms with van der Waals surface area (Å²) in [6.07, 6.45) is 0.0328. The zero-order chi connectivity index (χ0) is 16.1. The van der Waals surface area contributed by atoms with Crippen LogP contribution in [-0.4, -0.2) is 63.7 Å². The van der Waals surface area contributed by atoms with E-state index >= 15 is 0 Å². The molecule has 0 aliphatic heterocycles. The molecular weight excluding hydrogens is 280 g/mol. The fraction of sp³-hybridized carbons (Fsp3) is 0.846. The summed E-state index contributed by atoms with van der Waals surface area (Å²) in [4.78, 5) is 21.8. The van der Waals surface area contributed by atoms with Crippen LogP contribution in [0.4, 0.5) is 0 Å². The molecule has 4 N–H and O–H groups in total. The predicted molar refractivity (Wildman–Crippen MR) is 75.5 cm³/mol. The molecule has 0 fully saturated rings. The van der Waals surface area contributed by atoms with Crippen LogP contribution in [-0.2, 0) is 28.5 Å². The van der Waals surface area contributed by atoms with Crippen molar-refractivity contribution in [2.24, 2.45) is 11.5 Å². The summed E-state index contributed by atoms with van der Waals surface area (Å²) >= 11 is 0. The van der Waals surface area contributed by atoms with E-state index in [1.54, 1.807) is 13.8 Å². The van der Waals surface area contributed by atoms with Crippen molar-refractivity contribution in [1.82, 2.24) is 0 Å². The molecule has 0 radical (unpaired) electrons. The molecule has 0 aliphatic rings. The summed E-state index contributed by atoms with van der Waals surface area (Å²) in [6, 6.07) is 0. The Labute approximate surface area is 125 Å². The molecule has 0 saturated carbocycles. The third-order valence-electron chi connectivity index (χ3n) is 2.39. The predicted octanol–water partition coefficient (Wildman–Crippen LogP) is -0.809. The molecule has 8 nitrogen and oxygen atoms in total. The standard InChI is InChI=1S/C13H26N2O6/c1-10(20-12(16)7-14)3-4-18-5-6-19-9-11(2)21-13(17)8-15/h10-11H,3-9,14-15H2,1-2H3. The van der Waals surface area contributed by atoms with Gasteiger partial charge in [0.1, 0.15) is 12.2 Å². The molecule has 2 unspecified atom stereocenters. The molecule has 124 valence electrons. The Morgan fingerprint density at radius 2 is 1.38 bits per heavy atom. The van der Waals surface area contributed by atoms with Crippen molar-refractivity contribution in [2.75, 3.05) is 39.5 Å². The molecule has 0 aromatic rings. The number of hydrogen-bond donors (Lipinski definition) is 2. The van der Waals surface area contributed by atoms with E-state index in [-0.39, 0.29) is 25.3 Å². The number of esters is 2. The Kier molecular flexibility index (Phi) is 11.8. The van der Waals surface area contributed by atoms with Gasteiger partial charge < -0.3 is 30.4 Å². The van der Waals surface area contributed by atoms with Crippen molar-refractivity contribution < 1.29 is 28.5 Å². The van der Waals surface area contributed by atoms with Crippen molar-refractivity contribution in [3.05, 3.63) is 0 Å². The van der Waals surface area contributed by atoms with Gasteiger partial charge in [-0.05, 0) is 13.8 Å². The molecule has 0 aromatic heterocycles. The lowest BCUT2D eigenvalue weighted by molar-refractivity contribution is -0.149. The smallest absolute Gasteiger partial charge is 0.320 e. The lowest BCUT2D eigenvalue weighted by Gasteiger charge is -2.14. The van der Waals surface area contributed by atoms with E-state index < -0.39 is 11.9 Å². The van der Waals surface area contributed by atoms with E-state index in [0.717, 1.165) is 0 Å². The molecule has 2 atom stereocenters. The van der Waals surface area contributed by atoms with Crippen LogP contribution in [0.5, 0.6) is 0 Å². The fourth-order valence-electron chi connectivity index (χ4n) is 1.36. The maximum atomic E-state index is 10.9. The highest BCUT2D eigenvalue weighted by Crippen LogP contribution is 1.98. The largest absolute Gasteiger partial charge is 0.462 e. The van der Waals surface area contributed by atoms with Gasteiger partial charge in [0.15, 0.2) is 0 Å². The third-order valence-corrected chi connectivity index (χ3v) is 2.39. The zero-order valence-electron chi connectivity index (χ0n) is 12.7. The Morgan fingerprint density at radius 3 is 1.95 bits per heavy atom. The highest BCUT2D eigenvalue weighted by atomic mass is 16.6. The van der Waals surface area contributed by atoms with Crippen LogP contribution >= 0.6 is 0 Å². The monoisotopic (exact) mass is 306 g/mol. The maximum absolute atomic E-state index is 10.9. The van der Waals surface area contributed by atoms with Gasteiger partial charge in [-0.15, -0.1) is 0 Å². The van der Waals surface area contributed by atoms with Gasteiger partial charge >= 0.3 is 11.9 Å². The van der Waals surface area contributed by atoms with Crippen molar-refractivity contribution in [1.29, 1.82) is 0 Å². The SMILES string of the molecule is CC(CCOCCOCC(C)OC(=O)CN)OC(=O)CN. The van der Waals surface area contributed by atoms with Crippen LogP contribution in [0, 0.1) is 0 Å². The molecule has 0 spiro atoms. The highest BCUT2D eigenvalue weighted by molar-refractivity contribution is 5.71. The van der Waals surface area contributed by atoms with E-state index in [1.807, 2.05) is 0 Å². The molecule has 21 heavy (non-hydrogen) atoms. The normalized spacial score (nSPS) is 13.5. The van der Waals surface area contributed by atoms with Gasteiger partial charge in [0.2, 0.25) is 0 Å². The maximum Gasteiger partial charge on any atom is 0.320 e. The second-order valence-corrected chi connectivity index (χ2v) is 4.49. The van der Waals surface area contributed by atoms with Crippen molar-refractivity contribution in [3.8, 4) is 0 Å². The second-order valence-electron chi connectivity index (χ2n) is 4.49. The van der Waals surface area contributed by atoms with Gasteiger partial charge in [0.05, 0.1) is 39.5 Å². The first-order chi connectivity index (χ1) is 9.99. The molecule has 0 aromatic carbocycles. The molecule has 0 rings (SSSR count). The summed E-state index contributed by atoms with van der Waals surface area (Å²) in [5, 5.41) is 0. The zero-order valence-corrected chi connectivity index (χ0v) is 12.7. The van der Waals surface area contributed by atoms with Gasteiger partial charge in [-0.1, -0.05) is 0 Å². The van der Waals surface area contributed by atoms with Crippen molar-refractivity contribution in [2.45, 2.75) is 32.5 Å². The summed E-state index contributed by atoms with van der Waals surface area (Å²) in [7, 11) is 0. The quantitative estimate of drug-likeness (QED) is 0.354. The average Bonchev–Trinajstić information content (AvgIpc) is 2.45. The van der Waals surface area contributed by atoms with Gasteiger partial charge in [-0.25, -0.2) is 0 Å². The van der Waals surface area contributed by atoms with Crippen LogP contribution in [0.3, 0.4) is 0 Å². The first-order valence-corrected chi connectivity index (χ1v) is 6.94. The highest BCUT2D eigenvalue weighted by Gasteiger charge is 2.08. The Balaban J connectivity index is 3.40. The van der Waals surface area contributed by atoms with E-state index in [9.17, 15) is 9.59 Å². The Morgan fingerprint density at radius 1 is 0.857 bits per heavy atom. The minimum Gasteiger partial charge on any atom is -0.462 e. The lowest BCUT2D eigenvalue weighted by atomic mass is 10.3. The lowest BCUT2D eigenvalue weighted by Crippen LogP contribution is -2.26.